The summed E-state index contributed by atoms with van der Waals surface area (Å²) in [6, 6.07) is 0. The lowest BCUT2D eigenvalue weighted by Gasteiger charge is -2.22. The lowest BCUT2D eigenvalue weighted by Crippen LogP contribution is -2.45. The number of hydrogen-bond acceptors (Lipinski definition) is 6. The fraction of sp³-hybridized carbons (Fsp3) is 0.444. The molecule has 0 spiro atoms. The van der Waals surface area contributed by atoms with Crippen LogP contribution in [0.4, 0.5) is 5.69 Å². The Morgan fingerprint density at radius 1 is 1.58 bits per heavy atom. The highest BCUT2D eigenvalue weighted by atomic mass is 16.6. The summed E-state index contributed by atoms with van der Waals surface area (Å²) in [4.78, 5) is 45.7. The third kappa shape index (κ3) is 3.04. The maximum absolute atomic E-state index is 11.5. The highest BCUT2D eigenvalue weighted by Gasteiger charge is 2.29. The number of amides is 1. The van der Waals surface area contributed by atoms with E-state index in [1.165, 1.54) is 13.8 Å². The smallest absolute Gasteiger partial charge is 0.294 e. The van der Waals surface area contributed by atoms with Crippen molar-refractivity contribution in [3.8, 4) is 0 Å². The molecule has 0 bridgehead atoms. The Kier molecular flexibility index (Phi) is 3.85. The SMILES string of the molecule is CC(C)(Cn1cc([N+](=O)[O-])c(=O)[nH]c1=O)C(=O)NN. The molecule has 1 aromatic rings. The second kappa shape index (κ2) is 5.02. The molecule has 0 saturated heterocycles. The Labute approximate surface area is 106 Å². The number of rotatable bonds is 4. The van der Waals surface area contributed by atoms with Gasteiger partial charge in [-0.3, -0.25) is 34.7 Å². The summed E-state index contributed by atoms with van der Waals surface area (Å²) in [5, 5.41) is 10.6. The van der Waals surface area contributed by atoms with Gasteiger partial charge in [-0.2, -0.15) is 0 Å². The predicted octanol–water partition coefficient (Wildman–Crippen LogP) is -1.54. The first-order chi connectivity index (χ1) is 8.69. The number of aromatic nitrogens is 2. The Bertz CT molecular complexity index is 629. The summed E-state index contributed by atoms with van der Waals surface area (Å²) in [6.45, 7) is 2.82. The second-order valence-electron chi connectivity index (χ2n) is 4.52. The lowest BCUT2D eigenvalue weighted by molar-refractivity contribution is -0.386. The molecule has 4 N–H and O–H groups in total. The first-order valence-electron chi connectivity index (χ1n) is 5.18. The van der Waals surface area contributed by atoms with Gasteiger partial charge in [0, 0.05) is 6.54 Å². The molecule has 19 heavy (non-hydrogen) atoms. The molecule has 0 radical (unpaired) electrons. The van der Waals surface area contributed by atoms with Crippen molar-refractivity contribution in [1.29, 1.82) is 0 Å². The van der Waals surface area contributed by atoms with Crippen molar-refractivity contribution in [1.82, 2.24) is 15.0 Å². The highest BCUT2D eigenvalue weighted by molar-refractivity contribution is 5.81. The molecule has 1 heterocycles. The zero-order valence-corrected chi connectivity index (χ0v) is 10.3. The van der Waals surface area contributed by atoms with E-state index in [4.69, 9.17) is 5.84 Å². The van der Waals surface area contributed by atoms with Gasteiger partial charge in [0.2, 0.25) is 5.91 Å². The van der Waals surface area contributed by atoms with Gasteiger partial charge in [-0.15, -0.1) is 0 Å². The molecular formula is C9H13N5O5. The molecule has 0 aliphatic carbocycles. The fourth-order valence-electron chi connectivity index (χ4n) is 1.44. The van der Waals surface area contributed by atoms with Crippen molar-refractivity contribution < 1.29 is 9.72 Å². The average molecular weight is 271 g/mol. The summed E-state index contributed by atoms with van der Waals surface area (Å²) < 4.78 is 0.884. The number of carbonyl (C=O) groups excluding carboxylic acids is 1. The van der Waals surface area contributed by atoms with Gasteiger partial charge in [-0.25, -0.2) is 10.6 Å². The van der Waals surface area contributed by atoms with Crippen molar-refractivity contribution in [3.05, 3.63) is 37.1 Å². The van der Waals surface area contributed by atoms with Crippen LogP contribution in [-0.4, -0.2) is 20.4 Å². The highest BCUT2D eigenvalue weighted by Crippen LogP contribution is 2.17. The molecule has 0 fully saturated rings. The van der Waals surface area contributed by atoms with Gasteiger partial charge in [0.15, 0.2) is 0 Å². The summed E-state index contributed by atoms with van der Waals surface area (Å²) >= 11 is 0. The van der Waals surface area contributed by atoms with Gasteiger partial charge < -0.3 is 0 Å². The first-order valence-corrected chi connectivity index (χ1v) is 5.18. The molecule has 10 nitrogen and oxygen atoms in total. The number of carbonyl (C=O) groups is 1. The standard InChI is InChI=1S/C9H13N5O5/c1-9(2,7(16)12-10)4-13-3-5(14(18)19)6(15)11-8(13)17/h3H,4,10H2,1-2H3,(H,12,16)(H,11,15,17). The Balaban J connectivity index is 3.26. The van der Waals surface area contributed by atoms with Crippen LogP contribution in [0.3, 0.4) is 0 Å². The maximum Gasteiger partial charge on any atom is 0.350 e. The summed E-state index contributed by atoms with van der Waals surface area (Å²) in [6.07, 6.45) is 0.798. The van der Waals surface area contributed by atoms with Crippen LogP contribution < -0.4 is 22.5 Å². The molecule has 0 aromatic carbocycles. The van der Waals surface area contributed by atoms with Crippen molar-refractivity contribution in [3.63, 3.8) is 0 Å². The topological polar surface area (TPSA) is 153 Å². The van der Waals surface area contributed by atoms with Crippen molar-refractivity contribution in [2.75, 3.05) is 0 Å². The molecule has 104 valence electrons. The maximum atomic E-state index is 11.5. The number of nitrogens with two attached hydrogens (primary N) is 1. The lowest BCUT2D eigenvalue weighted by atomic mass is 9.92. The summed E-state index contributed by atoms with van der Waals surface area (Å²) in [7, 11) is 0. The minimum Gasteiger partial charge on any atom is -0.294 e. The molecule has 1 aromatic heterocycles. The first kappa shape index (κ1) is 14.6. The number of H-pyrrole nitrogens is 1. The zero-order chi connectivity index (χ0) is 14.8. The van der Waals surface area contributed by atoms with Gasteiger partial charge >= 0.3 is 16.9 Å². The monoisotopic (exact) mass is 271 g/mol. The third-order valence-corrected chi connectivity index (χ3v) is 2.50. The molecule has 0 atom stereocenters. The fourth-order valence-corrected chi connectivity index (χ4v) is 1.44. The van der Waals surface area contributed by atoms with E-state index in [1.54, 1.807) is 0 Å². The molecule has 0 unspecified atom stereocenters. The number of nitro groups is 1. The van der Waals surface area contributed by atoms with Crippen LogP contribution in [0.1, 0.15) is 13.8 Å². The van der Waals surface area contributed by atoms with Crippen molar-refractivity contribution in [2.45, 2.75) is 20.4 Å². The normalized spacial score (nSPS) is 11.1. The van der Waals surface area contributed by atoms with E-state index < -0.39 is 33.2 Å². The molecule has 10 heteroatoms. The van der Waals surface area contributed by atoms with Crippen LogP contribution in [0.25, 0.3) is 0 Å². The van der Waals surface area contributed by atoms with Crippen LogP contribution in [0.15, 0.2) is 15.8 Å². The zero-order valence-electron chi connectivity index (χ0n) is 10.3. The quantitative estimate of drug-likeness (QED) is 0.261. The Morgan fingerprint density at radius 2 is 2.16 bits per heavy atom. The molecule has 1 amide bonds. The van der Waals surface area contributed by atoms with Crippen LogP contribution in [0, 0.1) is 15.5 Å². The third-order valence-electron chi connectivity index (χ3n) is 2.50. The molecule has 0 aliphatic rings. The summed E-state index contributed by atoms with van der Waals surface area (Å²) in [5.74, 6) is 4.45. The van der Waals surface area contributed by atoms with E-state index >= 15 is 0 Å². The number of nitrogens with one attached hydrogen (secondary N) is 2. The number of hydrogen-bond donors (Lipinski definition) is 3. The number of aromatic amines is 1. The number of hydrazine groups is 1. The second-order valence-corrected chi connectivity index (χ2v) is 4.52. The van der Waals surface area contributed by atoms with Crippen LogP contribution in [0.5, 0.6) is 0 Å². The van der Waals surface area contributed by atoms with Crippen molar-refractivity contribution in [2.24, 2.45) is 11.3 Å². The van der Waals surface area contributed by atoms with Gasteiger partial charge in [0.25, 0.3) is 0 Å². The van der Waals surface area contributed by atoms with Gasteiger partial charge in [-0.05, 0) is 13.8 Å². The Hall–Kier alpha value is -2.49. The summed E-state index contributed by atoms with van der Waals surface area (Å²) in [5.41, 5.74) is -1.85. The van der Waals surface area contributed by atoms with Gasteiger partial charge in [0.1, 0.15) is 0 Å². The molecular weight excluding hydrogens is 258 g/mol. The number of nitrogens with zero attached hydrogens (tertiary/aromatic N) is 2. The molecule has 1 rings (SSSR count). The van der Waals surface area contributed by atoms with E-state index in [0.717, 1.165) is 10.8 Å². The minimum absolute atomic E-state index is 0.174. The van der Waals surface area contributed by atoms with Gasteiger partial charge in [-0.1, -0.05) is 0 Å². The average Bonchev–Trinajstić information content (AvgIpc) is 2.30. The van der Waals surface area contributed by atoms with E-state index in [-0.39, 0.29) is 6.54 Å². The van der Waals surface area contributed by atoms with E-state index in [2.05, 4.69) is 0 Å². The predicted molar refractivity (Wildman–Crippen MR) is 64.1 cm³/mol. The van der Waals surface area contributed by atoms with Crippen molar-refractivity contribution >= 4 is 11.6 Å². The molecule has 0 aliphatic heterocycles. The van der Waals surface area contributed by atoms with E-state index in [1.807, 2.05) is 10.4 Å². The molecule has 0 saturated carbocycles. The van der Waals surface area contributed by atoms with Crippen LogP contribution in [-0.2, 0) is 11.3 Å². The van der Waals surface area contributed by atoms with E-state index in [9.17, 15) is 24.5 Å². The Morgan fingerprint density at radius 3 is 2.63 bits per heavy atom. The van der Waals surface area contributed by atoms with E-state index in [0.29, 0.717) is 0 Å². The van der Waals surface area contributed by atoms with Crippen LogP contribution >= 0.6 is 0 Å². The van der Waals surface area contributed by atoms with Crippen LogP contribution in [0.2, 0.25) is 0 Å². The largest absolute Gasteiger partial charge is 0.350 e. The van der Waals surface area contributed by atoms with Gasteiger partial charge in [0.05, 0.1) is 16.5 Å². The minimum atomic E-state index is -1.09.